The standard InChI is InChI=1S/C19H16N6O4/c1-13-20-11-18(25(27)28)23(13)8-9-29-19(26)14-6-7-17(21-10-14)24-12-22-15-4-2-3-5-16(15)24/h2-7,10-12H,8-9H2,1H3. The Morgan fingerprint density at radius 2 is 1.97 bits per heavy atom. The number of nitro groups is 1. The monoisotopic (exact) mass is 392 g/mol. The highest BCUT2D eigenvalue weighted by molar-refractivity contribution is 5.89. The van der Waals surface area contributed by atoms with Gasteiger partial charge < -0.3 is 14.9 Å². The molecule has 146 valence electrons. The molecular formula is C19H16N6O4. The number of aryl methyl sites for hydroxylation is 1. The number of aromatic nitrogens is 5. The third kappa shape index (κ3) is 3.55. The van der Waals surface area contributed by atoms with Crippen molar-refractivity contribution >= 4 is 22.8 Å². The normalized spacial score (nSPS) is 10.9. The Balaban J connectivity index is 1.42. The highest BCUT2D eigenvalue weighted by Gasteiger charge is 2.18. The van der Waals surface area contributed by atoms with Gasteiger partial charge in [-0.2, -0.15) is 0 Å². The van der Waals surface area contributed by atoms with Crippen molar-refractivity contribution in [3.8, 4) is 5.82 Å². The molecule has 0 bridgehead atoms. The van der Waals surface area contributed by atoms with Gasteiger partial charge in [-0.15, -0.1) is 0 Å². The maximum Gasteiger partial charge on any atom is 0.342 e. The number of hydrogen-bond acceptors (Lipinski definition) is 7. The second-order valence-corrected chi connectivity index (χ2v) is 6.22. The van der Waals surface area contributed by atoms with Crippen LogP contribution in [0.2, 0.25) is 0 Å². The highest BCUT2D eigenvalue weighted by atomic mass is 16.6. The molecular weight excluding hydrogens is 376 g/mol. The number of fused-ring (bicyclic) bond motifs is 1. The molecule has 29 heavy (non-hydrogen) atoms. The first-order valence-electron chi connectivity index (χ1n) is 8.77. The number of carbonyl (C=O) groups excluding carboxylic acids is 1. The SMILES string of the molecule is Cc1ncc([N+](=O)[O-])n1CCOC(=O)c1ccc(-n2cnc3ccccc32)nc1. The van der Waals surface area contributed by atoms with Crippen LogP contribution >= 0.6 is 0 Å². The summed E-state index contributed by atoms with van der Waals surface area (Å²) >= 11 is 0. The van der Waals surface area contributed by atoms with Crippen molar-refractivity contribution in [3.05, 3.63) is 76.6 Å². The number of rotatable bonds is 6. The molecule has 0 aliphatic heterocycles. The van der Waals surface area contributed by atoms with Gasteiger partial charge in [-0.05, 0) is 29.2 Å². The number of ether oxygens (including phenoxy) is 1. The van der Waals surface area contributed by atoms with Crippen molar-refractivity contribution in [2.45, 2.75) is 13.5 Å². The topological polar surface area (TPSA) is 118 Å². The number of para-hydroxylation sites is 2. The van der Waals surface area contributed by atoms with Gasteiger partial charge in [-0.25, -0.2) is 24.3 Å². The summed E-state index contributed by atoms with van der Waals surface area (Å²) in [4.78, 5) is 35.3. The van der Waals surface area contributed by atoms with E-state index >= 15 is 0 Å². The van der Waals surface area contributed by atoms with Gasteiger partial charge in [0, 0.05) is 13.1 Å². The van der Waals surface area contributed by atoms with Crippen LogP contribution in [0.5, 0.6) is 0 Å². The summed E-state index contributed by atoms with van der Waals surface area (Å²) in [6.45, 7) is 1.77. The second-order valence-electron chi connectivity index (χ2n) is 6.22. The Morgan fingerprint density at radius 3 is 2.72 bits per heavy atom. The van der Waals surface area contributed by atoms with E-state index in [1.165, 1.54) is 17.0 Å². The third-order valence-electron chi connectivity index (χ3n) is 4.45. The minimum atomic E-state index is -0.556. The van der Waals surface area contributed by atoms with E-state index in [0.717, 1.165) is 11.0 Å². The summed E-state index contributed by atoms with van der Waals surface area (Å²) in [5.41, 5.74) is 2.05. The van der Waals surface area contributed by atoms with Crippen molar-refractivity contribution in [2.24, 2.45) is 0 Å². The molecule has 4 rings (SSSR count). The van der Waals surface area contributed by atoms with Crippen LogP contribution in [0.15, 0.2) is 55.1 Å². The van der Waals surface area contributed by atoms with E-state index in [9.17, 15) is 14.9 Å². The molecule has 10 nitrogen and oxygen atoms in total. The number of benzene rings is 1. The van der Waals surface area contributed by atoms with E-state index in [1.807, 2.05) is 28.8 Å². The Morgan fingerprint density at radius 1 is 1.14 bits per heavy atom. The van der Waals surface area contributed by atoms with E-state index in [2.05, 4.69) is 15.0 Å². The molecule has 0 unspecified atom stereocenters. The molecule has 0 aliphatic carbocycles. The van der Waals surface area contributed by atoms with Crippen molar-refractivity contribution < 1.29 is 14.5 Å². The zero-order valence-corrected chi connectivity index (χ0v) is 15.4. The predicted octanol–water partition coefficient (Wildman–Crippen LogP) is 2.69. The summed E-state index contributed by atoms with van der Waals surface area (Å²) in [6.07, 6.45) is 4.28. The first kappa shape index (κ1) is 18.3. The lowest BCUT2D eigenvalue weighted by Crippen LogP contribution is -2.14. The van der Waals surface area contributed by atoms with Gasteiger partial charge in [-0.1, -0.05) is 12.1 Å². The van der Waals surface area contributed by atoms with Crippen molar-refractivity contribution in [1.29, 1.82) is 0 Å². The maximum absolute atomic E-state index is 12.2. The fourth-order valence-corrected chi connectivity index (χ4v) is 2.98. The molecule has 0 spiro atoms. The van der Waals surface area contributed by atoms with E-state index in [0.29, 0.717) is 11.6 Å². The second kappa shape index (κ2) is 7.50. The Labute approximate surface area is 164 Å². The van der Waals surface area contributed by atoms with Crippen LogP contribution in [0.4, 0.5) is 5.82 Å². The summed E-state index contributed by atoms with van der Waals surface area (Å²) in [5.74, 6) is 0.406. The molecule has 10 heteroatoms. The van der Waals surface area contributed by atoms with E-state index in [1.54, 1.807) is 25.4 Å². The van der Waals surface area contributed by atoms with E-state index < -0.39 is 10.9 Å². The first-order chi connectivity index (χ1) is 14.0. The van der Waals surface area contributed by atoms with Gasteiger partial charge in [0.1, 0.15) is 31.5 Å². The molecule has 0 N–H and O–H groups in total. The van der Waals surface area contributed by atoms with Crippen molar-refractivity contribution in [3.63, 3.8) is 0 Å². The number of esters is 1. The number of carbonyl (C=O) groups is 1. The van der Waals surface area contributed by atoms with Crippen LogP contribution in [0.25, 0.3) is 16.9 Å². The number of nitrogens with zero attached hydrogens (tertiary/aromatic N) is 6. The fourth-order valence-electron chi connectivity index (χ4n) is 2.98. The van der Waals surface area contributed by atoms with Crippen LogP contribution < -0.4 is 0 Å². The molecule has 3 heterocycles. The number of hydrogen-bond donors (Lipinski definition) is 0. The van der Waals surface area contributed by atoms with Crippen LogP contribution in [0.1, 0.15) is 16.2 Å². The van der Waals surface area contributed by atoms with E-state index in [4.69, 9.17) is 4.74 Å². The highest BCUT2D eigenvalue weighted by Crippen LogP contribution is 2.17. The summed E-state index contributed by atoms with van der Waals surface area (Å²) in [7, 11) is 0. The average Bonchev–Trinajstić information content (AvgIpc) is 3.32. The lowest BCUT2D eigenvalue weighted by atomic mass is 10.3. The Kier molecular flexibility index (Phi) is 4.73. The van der Waals surface area contributed by atoms with Gasteiger partial charge in [0.25, 0.3) is 0 Å². The molecule has 0 amide bonds. The minimum absolute atomic E-state index is 0.0230. The summed E-state index contributed by atoms with van der Waals surface area (Å²) < 4.78 is 8.44. The molecule has 1 aromatic carbocycles. The van der Waals surface area contributed by atoms with Crippen LogP contribution in [-0.2, 0) is 11.3 Å². The zero-order chi connectivity index (χ0) is 20.4. The van der Waals surface area contributed by atoms with Gasteiger partial charge in [0.05, 0.1) is 16.6 Å². The molecule has 3 aromatic heterocycles. The predicted molar refractivity (Wildman–Crippen MR) is 103 cm³/mol. The largest absolute Gasteiger partial charge is 0.458 e. The Bertz CT molecular complexity index is 1200. The molecule has 0 aliphatic rings. The fraction of sp³-hybridized carbons (Fsp3) is 0.158. The molecule has 0 saturated carbocycles. The van der Waals surface area contributed by atoms with Gasteiger partial charge in [0.2, 0.25) is 0 Å². The van der Waals surface area contributed by atoms with E-state index in [-0.39, 0.29) is 24.5 Å². The summed E-state index contributed by atoms with van der Waals surface area (Å²) in [6, 6.07) is 11.0. The zero-order valence-electron chi connectivity index (χ0n) is 15.4. The van der Waals surface area contributed by atoms with Crippen molar-refractivity contribution in [1.82, 2.24) is 24.1 Å². The van der Waals surface area contributed by atoms with Crippen LogP contribution in [0.3, 0.4) is 0 Å². The molecule has 4 aromatic rings. The van der Waals surface area contributed by atoms with Gasteiger partial charge in [-0.3, -0.25) is 4.57 Å². The van der Waals surface area contributed by atoms with Gasteiger partial charge in [0.15, 0.2) is 5.82 Å². The third-order valence-corrected chi connectivity index (χ3v) is 4.45. The number of imidazole rings is 2. The smallest absolute Gasteiger partial charge is 0.342 e. The summed E-state index contributed by atoms with van der Waals surface area (Å²) in [5, 5.41) is 11.0. The quantitative estimate of drug-likeness (QED) is 0.281. The number of pyridine rings is 1. The average molecular weight is 392 g/mol. The lowest BCUT2D eigenvalue weighted by Gasteiger charge is -2.07. The molecule has 0 radical (unpaired) electrons. The van der Waals surface area contributed by atoms with Crippen molar-refractivity contribution in [2.75, 3.05) is 6.61 Å². The Hall–Kier alpha value is -4.08. The first-order valence-corrected chi connectivity index (χ1v) is 8.77. The maximum atomic E-state index is 12.2. The molecule has 0 saturated heterocycles. The lowest BCUT2D eigenvalue weighted by molar-refractivity contribution is -0.392. The minimum Gasteiger partial charge on any atom is -0.458 e. The molecule has 0 atom stereocenters. The van der Waals surface area contributed by atoms with Gasteiger partial charge >= 0.3 is 11.8 Å². The van der Waals surface area contributed by atoms with Crippen LogP contribution in [0, 0.1) is 17.0 Å². The molecule has 0 fully saturated rings. The van der Waals surface area contributed by atoms with Crippen LogP contribution in [-0.4, -0.2) is 41.6 Å².